The van der Waals surface area contributed by atoms with Crippen molar-refractivity contribution in [2.75, 3.05) is 6.54 Å². The summed E-state index contributed by atoms with van der Waals surface area (Å²) in [6, 6.07) is 3.69. The van der Waals surface area contributed by atoms with Crippen LogP contribution >= 0.6 is 11.6 Å². The molecule has 0 aromatic heterocycles. The Bertz CT molecular complexity index is 506. The molecule has 0 aliphatic heterocycles. The standard InChI is InChI=1S/C15H21ClFNO3/c1-9(2)15(4,20)8-18-14(19)10(3)21-13-6-5-11(17)7-12(13)16/h5-7,9-10,20H,8H2,1-4H3,(H,18,19). The summed E-state index contributed by atoms with van der Waals surface area (Å²) in [5, 5.41) is 12.8. The average Bonchev–Trinajstić information content (AvgIpc) is 2.39. The summed E-state index contributed by atoms with van der Waals surface area (Å²) in [5.41, 5.74) is -0.997. The number of benzene rings is 1. The molecule has 0 aliphatic carbocycles. The normalized spacial score (nSPS) is 15.4. The second kappa shape index (κ2) is 7.09. The van der Waals surface area contributed by atoms with Crippen LogP contribution in [0.5, 0.6) is 5.75 Å². The van der Waals surface area contributed by atoms with Crippen LogP contribution in [0.1, 0.15) is 27.7 Å². The van der Waals surface area contributed by atoms with Gasteiger partial charge in [0.15, 0.2) is 6.10 Å². The molecule has 1 rings (SSSR count). The van der Waals surface area contributed by atoms with E-state index in [2.05, 4.69) is 5.32 Å². The maximum Gasteiger partial charge on any atom is 0.260 e. The predicted octanol–water partition coefficient (Wildman–Crippen LogP) is 2.77. The van der Waals surface area contributed by atoms with Crippen LogP contribution in [0.2, 0.25) is 5.02 Å². The molecule has 0 aliphatic rings. The molecule has 2 atom stereocenters. The summed E-state index contributed by atoms with van der Waals surface area (Å²) in [5.74, 6) is -0.620. The van der Waals surface area contributed by atoms with Gasteiger partial charge < -0.3 is 15.2 Å². The number of amides is 1. The number of carbonyl (C=O) groups is 1. The lowest BCUT2D eigenvalue weighted by molar-refractivity contribution is -0.128. The van der Waals surface area contributed by atoms with E-state index in [1.807, 2.05) is 13.8 Å². The lowest BCUT2D eigenvalue weighted by atomic mass is 9.92. The highest BCUT2D eigenvalue weighted by Crippen LogP contribution is 2.25. The first-order valence-corrected chi connectivity index (χ1v) is 7.13. The van der Waals surface area contributed by atoms with Crippen LogP contribution in [0.3, 0.4) is 0 Å². The first kappa shape index (κ1) is 17.7. The fourth-order valence-corrected chi connectivity index (χ4v) is 1.64. The minimum Gasteiger partial charge on any atom is -0.479 e. The molecule has 0 saturated carbocycles. The number of ether oxygens (including phenoxy) is 1. The van der Waals surface area contributed by atoms with Gasteiger partial charge in [-0.3, -0.25) is 4.79 Å². The van der Waals surface area contributed by atoms with Gasteiger partial charge in [0.1, 0.15) is 11.6 Å². The third-order valence-electron chi connectivity index (χ3n) is 3.43. The molecular formula is C15H21ClFNO3. The van der Waals surface area contributed by atoms with Crippen molar-refractivity contribution < 1.29 is 19.0 Å². The van der Waals surface area contributed by atoms with E-state index in [0.717, 1.165) is 6.07 Å². The largest absolute Gasteiger partial charge is 0.479 e. The monoisotopic (exact) mass is 317 g/mol. The van der Waals surface area contributed by atoms with Gasteiger partial charge in [0.2, 0.25) is 0 Å². The predicted molar refractivity (Wildman–Crippen MR) is 80.0 cm³/mol. The Kier molecular flexibility index (Phi) is 5.98. The Morgan fingerprint density at radius 1 is 1.48 bits per heavy atom. The summed E-state index contributed by atoms with van der Waals surface area (Å²) in [4.78, 5) is 11.9. The topological polar surface area (TPSA) is 58.6 Å². The molecule has 1 amide bonds. The van der Waals surface area contributed by atoms with Gasteiger partial charge in [-0.2, -0.15) is 0 Å². The SMILES string of the molecule is CC(Oc1ccc(F)cc1Cl)C(=O)NCC(C)(O)C(C)C. The van der Waals surface area contributed by atoms with E-state index < -0.39 is 17.5 Å². The fourth-order valence-electron chi connectivity index (χ4n) is 1.43. The molecular weight excluding hydrogens is 297 g/mol. The molecule has 1 aromatic rings. The zero-order valence-electron chi connectivity index (χ0n) is 12.6. The number of hydrogen-bond donors (Lipinski definition) is 2. The highest BCUT2D eigenvalue weighted by Gasteiger charge is 2.26. The Morgan fingerprint density at radius 3 is 2.62 bits per heavy atom. The molecule has 1 aromatic carbocycles. The Hall–Kier alpha value is -1.33. The second-order valence-electron chi connectivity index (χ2n) is 5.56. The molecule has 6 heteroatoms. The van der Waals surface area contributed by atoms with Crippen molar-refractivity contribution >= 4 is 17.5 Å². The smallest absolute Gasteiger partial charge is 0.260 e. The highest BCUT2D eigenvalue weighted by atomic mass is 35.5. The summed E-state index contributed by atoms with van der Waals surface area (Å²) >= 11 is 5.83. The van der Waals surface area contributed by atoms with Crippen LogP contribution in [0, 0.1) is 11.7 Å². The first-order valence-electron chi connectivity index (χ1n) is 6.75. The van der Waals surface area contributed by atoms with E-state index in [1.54, 1.807) is 13.8 Å². The average molecular weight is 318 g/mol. The Labute approximate surface area is 129 Å². The van der Waals surface area contributed by atoms with Gasteiger partial charge in [0.25, 0.3) is 5.91 Å². The van der Waals surface area contributed by atoms with Gasteiger partial charge in [-0.05, 0) is 38.0 Å². The number of carbonyl (C=O) groups excluding carboxylic acids is 1. The van der Waals surface area contributed by atoms with Crippen LogP contribution < -0.4 is 10.1 Å². The summed E-state index contributed by atoms with van der Waals surface area (Å²) in [6.07, 6.45) is -0.809. The number of aliphatic hydroxyl groups is 1. The molecule has 0 spiro atoms. The van der Waals surface area contributed by atoms with Crippen molar-refractivity contribution in [2.45, 2.75) is 39.4 Å². The van der Waals surface area contributed by atoms with Gasteiger partial charge in [0.05, 0.1) is 10.6 Å². The van der Waals surface area contributed by atoms with Crippen molar-refractivity contribution in [1.82, 2.24) is 5.32 Å². The third-order valence-corrected chi connectivity index (χ3v) is 3.73. The molecule has 2 unspecified atom stereocenters. The van der Waals surface area contributed by atoms with Crippen LogP contribution in [-0.2, 0) is 4.79 Å². The maximum absolute atomic E-state index is 12.9. The number of nitrogens with one attached hydrogen (secondary N) is 1. The molecule has 21 heavy (non-hydrogen) atoms. The van der Waals surface area contributed by atoms with Crippen molar-refractivity contribution in [3.8, 4) is 5.75 Å². The van der Waals surface area contributed by atoms with E-state index in [4.69, 9.17) is 16.3 Å². The van der Waals surface area contributed by atoms with E-state index in [-0.39, 0.29) is 29.1 Å². The first-order chi connectivity index (χ1) is 9.63. The maximum atomic E-state index is 12.9. The molecule has 0 fully saturated rings. The third kappa shape index (κ3) is 5.17. The summed E-state index contributed by atoms with van der Waals surface area (Å²) in [7, 11) is 0. The van der Waals surface area contributed by atoms with E-state index >= 15 is 0 Å². The van der Waals surface area contributed by atoms with Crippen molar-refractivity contribution in [3.63, 3.8) is 0 Å². The van der Waals surface area contributed by atoms with E-state index in [1.165, 1.54) is 12.1 Å². The molecule has 4 nitrogen and oxygen atoms in total. The lowest BCUT2D eigenvalue weighted by Crippen LogP contribution is -2.47. The second-order valence-corrected chi connectivity index (χ2v) is 5.97. The van der Waals surface area contributed by atoms with Gasteiger partial charge in [-0.1, -0.05) is 25.4 Å². The van der Waals surface area contributed by atoms with E-state index in [9.17, 15) is 14.3 Å². The van der Waals surface area contributed by atoms with Crippen LogP contribution in [0.25, 0.3) is 0 Å². The van der Waals surface area contributed by atoms with Crippen molar-refractivity contribution in [3.05, 3.63) is 29.0 Å². The van der Waals surface area contributed by atoms with Crippen molar-refractivity contribution in [1.29, 1.82) is 0 Å². The Morgan fingerprint density at radius 2 is 2.10 bits per heavy atom. The molecule has 0 saturated heterocycles. The lowest BCUT2D eigenvalue weighted by Gasteiger charge is -2.28. The van der Waals surface area contributed by atoms with Gasteiger partial charge >= 0.3 is 0 Å². The number of halogens is 2. The fraction of sp³-hybridized carbons (Fsp3) is 0.533. The molecule has 0 heterocycles. The van der Waals surface area contributed by atoms with Gasteiger partial charge in [-0.15, -0.1) is 0 Å². The van der Waals surface area contributed by atoms with Crippen molar-refractivity contribution in [2.24, 2.45) is 5.92 Å². The van der Waals surface area contributed by atoms with Gasteiger partial charge in [-0.25, -0.2) is 4.39 Å². The molecule has 118 valence electrons. The van der Waals surface area contributed by atoms with Crippen LogP contribution in [0.4, 0.5) is 4.39 Å². The summed E-state index contributed by atoms with van der Waals surface area (Å²) in [6.45, 7) is 7.06. The Balaban J connectivity index is 2.59. The van der Waals surface area contributed by atoms with E-state index in [0.29, 0.717) is 0 Å². The minimum absolute atomic E-state index is 0.000525. The number of hydrogen-bond acceptors (Lipinski definition) is 3. The summed E-state index contributed by atoms with van der Waals surface area (Å²) < 4.78 is 18.3. The van der Waals surface area contributed by atoms with Crippen LogP contribution in [-0.4, -0.2) is 29.3 Å². The zero-order chi connectivity index (χ0) is 16.2. The quantitative estimate of drug-likeness (QED) is 0.848. The minimum atomic E-state index is -0.997. The number of rotatable bonds is 6. The molecule has 0 bridgehead atoms. The molecule has 0 radical (unpaired) electrons. The van der Waals surface area contributed by atoms with Gasteiger partial charge in [0, 0.05) is 6.54 Å². The zero-order valence-corrected chi connectivity index (χ0v) is 13.4. The van der Waals surface area contributed by atoms with Crippen LogP contribution in [0.15, 0.2) is 18.2 Å². The molecule has 2 N–H and O–H groups in total. The highest BCUT2D eigenvalue weighted by molar-refractivity contribution is 6.32.